The topological polar surface area (TPSA) is 27.3 Å². The van der Waals surface area contributed by atoms with E-state index in [4.69, 9.17) is 9.47 Å². The molecule has 4 nitrogen and oxygen atoms in total. The van der Waals surface area contributed by atoms with Gasteiger partial charge < -0.3 is 21.9 Å². The lowest BCUT2D eigenvalue weighted by Crippen LogP contribution is -3.00. The van der Waals surface area contributed by atoms with Crippen LogP contribution in [0.1, 0.15) is 78.1 Å². The second kappa shape index (κ2) is 17.2. The van der Waals surface area contributed by atoms with Gasteiger partial charge >= 0.3 is 0 Å². The van der Waals surface area contributed by atoms with E-state index in [-0.39, 0.29) is 12.4 Å². The average molecular weight is 361 g/mol. The van der Waals surface area contributed by atoms with Gasteiger partial charge in [-0.25, -0.2) is 9.13 Å². The van der Waals surface area contributed by atoms with Gasteiger partial charge in [0.2, 0.25) is 6.33 Å². The Morgan fingerprint density at radius 2 is 1.38 bits per heavy atom. The summed E-state index contributed by atoms with van der Waals surface area (Å²) < 4.78 is 15.5. The van der Waals surface area contributed by atoms with E-state index in [1.807, 2.05) is 18.7 Å². The van der Waals surface area contributed by atoms with Crippen LogP contribution in [0.5, 0.6) is 0 Å². The Hall–Kier alpha value is -0.580. The Morgan fingerprint density at radius 1 is 0.792 bits per heavy atom. The van der Waals surface area contributed by atoms with Gasteiger partial charge in [-0.2, -0.15) is 0 Å². The van der Waals surface area contributed by atoms with Gasteiger partial charge in [0, 0.05) is 0 Å². The molecule has 0 saturated heterocycles. The molecule has 1 rings (SSSR count). The van der Waals surface area contributed by atoms with Gasteiger partial charge in [-0.15, -0.1) is 0 Å². The minimum Gasteiger partial charge on any atom is -1.00 e. The van der Waals surface area contributed by atoms with Crippen molar-refractivity contribution in [2.75, 3.05) is 13.2 Å². The number of imidazole rings is 1. The molecule has 0 fully saturated rings. The van der Waals surface area contributed by atoms with E-state index < -0.39 is 0 Å². The lowest BCUT2D eigenvalue weighted by molar-refractivity contribution is -0.732. The van der Waals surface area contributed by atoms with Crippen LogP contribution in [0.2, 0.25) is 0 Å². The summed E-state index contributed by atoms with van der Waals surface area (Å²) in [6.07, 6.45) is 19.0. The highest BCUT2D eigenvalue weighted by molar-refractivity contribution is 4.63. The van der Waals surface area contributed by atoms with Crippen LogP contribution in [0.25, 0.3) is 0 Å². The lowest BCUT2D eigenvalue weighted by Gasteiger charge is -2.02. The van der Waals surface area contributed by atoms with E-state index in [9.17, 15) is 0 Å². The van der Waals surface area contributed by atoms with Gasteiger partial charge in [0.15, 0.2) is 13.5 Å². The van der Waals surface area contributed by atoms with Crippen LogP contribution < -0.4 is 17.0 Å². The molecule has 0 N–H and O–H groups in total. The van der Waals surface area contributed by atoms with Crippen LogP contribution in [0.3, 0.4) is 0 Å². The van der Waals surface area contributed by atoms with E-state index >= 15 is 0 Å². The van der Waals surface area contributed by atoms with Gasteiger partial charge in [0.25, 0.3) is 0 Å². The van der Waals surface area contributed by atoms with Crippen LogP contribution in [-0.4, -0.2) is 17.8 Å². The Morgan fingerprint density at radius 3 is 2.00 bits per heavy atom. The third-order valence-corrected chi connectivity index (χ3v) is 4.01. The summed E-state index contributed by atoms with van der Waals surface area (Å²) in [5.41, 5.74) is 0. The molecule has 1 aromatic rings. The fourth-order valence-electron chi connectivity index (χ4n) is 2.55. The van der Waals surface area contributed by atoms with Gasteiger partial charge in [-0.1, -0.05) is 65.2 Å². The molecule has 142 valence electrons. The second-order valence-corrected chi connectivity index (χ2v) is 6.35. The first kappa shape index (κ1) is 23.4. The fourth-order valence-corrected chi connectivity index (χ4v) is 2.55. The molecule has 0 aliphatic carbocycles. The van der Waals surface area contributed by atoms with E-state index in [0.717, 1.165) is 13.2 Å². The van der Waals surface area contributed by atoms with Crippen molar-refractivity contribution in [3.8, 4) is 0 Å². The van der Waals surface area contributed by atoms with E-state index in [0.29, 0.717) is 13.5 Å². The molecule has 0 atom stereocenters. The first-order valence-corrected chi connectivity index (χ1v) is 9.57. The highest BCUT2D eigenvalue weighted by atomic mass is 35.5. The minimum atomic E-state index is 0. The van der Waals surface area contributed by atoms with Crippen molar-refractivity contribution in [3.63, 3.8) is 0 Å². The van der Waals surface area contributed by atoms with E-state index in [1.165, 1.54) is 64.2 Å². The first-order chi connectivity index (χ1) is 11.4. The quantitative estimate of drug-likeness (QED) is 0.331. The molecule has 1 aromatic heterocycles. The molecule has 0 aliphatic heterocycles. The number of aromatic nitrogens is 2. The molecule has 0 amide bonds. The average Bonchev–Trinajstić information content (AvgIpc) is 3.01. The fraction of sp³-hybridized carbons (Fsp3) is 0.842. The maximum absolute atomic E-state index is 5.70. The third kappa shape index (κ3) is 12.8. The Kier molecular flexibility index (Phi) is 16.8. The molecule has 0 saturated carbocycles. The molecule has 0 spiro atoms. The minimum absolute atomic E-state index is 0. The molecule has 0 unspecified atom stereocenters. The zero-order chi connectivity index (χ0) is 16.6. The molecule has 1 heterocycles. The third-order valence-electron chi connectivity index (χ3n) is 4.01. The first-order valence-electron chi connectivity index (χ1n) is 9.57. The number of hydrogen-bond donors (Lipinski definition) is 0. The van der Waals surface area contributed by atoms with Crippen molar-refractivity contribution in [2.24, 2.45) is 0 Å². The van der Waals surface area contributed by atoms with Crippen LogP contribution in [0.4, 0.5) is 0 Å². The number of rotatable bonds is 16. The zero-order valence-electron chi connectivity index (χ0n) is 15.7. The number of hydrogen-bond acceptors (Lipinski definition) is 2. The molecule has 0 aromatic carbocycles. The maximum Gasteiger partial charge on any atom is 0.247 e. The van der Waals surface area contributed by atoms with E-state index in [1.54, 1.807) is 0 Å². The molecule has 24 heavy (non-hydrogen) atoms. The monoisotopic (exact) mass is 360 g/mol. The predicted octanol–water partition coefficient (Wildman–Crippen LogP) is 1.67. The lowest BCUT2D eigenvalue weighted by atomic mass is 10.2. The summed E-state index contributed by atoms with van der Waals surface area (Å²) in [7, 11) is 0. The number of nitrogens with zero attached hydrogens (tertiary/aromatic N) is 2. The largest absolute Gasteiger partial charge is 1.00 e. The predicted molar refractivity (Wildman–Crippen MR) is 94.0 cm³/mol. The van der Waals surface area contributed by atoms with Crippen molar-refractivity contribution in [1.29, 1.82) is 0 Å². The summed E-state index contributed by atoms with van der Waals surface area (Å²) in [5, 5.41) is 0. The van der Waals surface area contributed by atoms with Crippen molar-refractivity contribution in [1.82, 2.24) is 4.57 Å². The summed E-state index contributed by atoms with van der Waals surface area (Å²) in [6, 6.07) is 0. The Bertz CT molecular complexity index is 340. The number of unbranched alkanes of at least 4 members (excludes halogenated alkanes) is 8. The molecule has 0 aliphatic rings. The molecular weight excluding hydrogens is 324 g/mol. The van der Waals surface area contributed by atoms with Crippen molar-refractivity contribution >= 4 is 0 Å². The highest BCUT2D eigenvalue weighted by Gasteiger charge is 2.03. The van der Waals surface area contributed by atoms with Crippen LogP contribution >= 0.6 is 0 Å². The smallest absolute Gasteiger partial charge is 0.247 e. The highest BCUT2D eigenvalue weighted by Crippen LogP contribution is 2.03. The van der Waals surface area contributed by atoms with Gasteiger partial charge in [-0.3, -0.25) is 0 Å². The normalized spacial score (nSPS) is 10.8. The number of ether oxygens (including phenoxy) is 2. The molecule has 0 radical (unpaired) electrons. The van der Waals surface area contributed by atoms with Crippen LogP contribution in [0.15, 0.2) is 18.7 Å². The molecular formula is C19H37ClN2O2. The van der Waals surface area contributed by atoms with Crippen molar-refractivity contribution in [3.05, 3.63) is 18.7 Å². The van der Waals surface area contributed by atoms with Crippen molar-refractivity contribution < 1.29 is 26.4 Å². The SMILES string of the molecule is CCCCCCCOCn1cc[n+](COCCCCCCC)c1.[Cl-]. The summed E-state index contributed by atoms with van der Waals surface area (Å²) in [6.45, 7) is 7.48. The van der Waals surface area contributed by atoms with Gasteiger partial charge in [0.1, 0.15) is 12.4 Å². The van der Waals surface area contributed by atoms with Crippen LogP contribution in [-0.2, 0) is 22.9 Å². The van der Waals surface area contributed by atoms with E-state index in [2.05, 4.69) is 23.0 Å². The van der Waals surface area contributed by atoms with Crippen LogP contribution in [0, 0.1) is 0 Å². The molecule has 5 heteroatoms. The zero-order valence-corrected chi connectivity index (χ0v) is 16.5. The Balaban J connectivity index is 0.00000529. The summed E-state index contributed by atoms with van der Waals surface area (Å²) in [4.78, 5) is 0. The van der Waals surface area contributed by atoms with Crippen molar-refractivity contribution in [2.45, 2.75) is 91.5 Å². The second-order valence-electron chi connectivity index (χ2n) is 6.35. The number of halogens is 1. The summed E-state index contributed by atoms with van der Waals surface area (Å²) >= 11 is 0. The van der Waals surface area contributed by atoms with Gasteiger partial charge in [-0.05, 0) is 12.8 Å². The Labute approximate surface area is 154 Å². The molecule has 0 bridgehead atoms. The van der Waals surface area contributed by atoms with Gasteiger partial charge in [0.05, 0.1) is 13.2 Å². The standard InChI is InChI=1S/C19H37N2O2.ClH/c1-3-5-7-9-11-15-22-18-20-13-14-21(17-20)19-23-16-12-10-8-6-4-2;/h13-14,17H,3-12,15-16,18-19H2,1-2H3;1H/q+1;/p-1. The summed E-state index contributed by atoms with van der Waals surface area (Å²) in [5.74, 6) is 0. The maximum atomic E-state index is 5.70.